The summed E-state index contributed by atoms with van der Waals surface area (Å²) in [5, 5.41) is 2.29. The minimum Gasteiger partial charge on any atom is -0.383 e. The van der Waals surface area contributed by atoms with Gasteiger partial charge in [-0.1, -0.05) is 6.92 Å². The third-order valence-corrected chi connectivity index (χ3v) is 2.65. The molecule has 3 nitrogen and oxygen atoms in total. The SMILES string of the molecule is CCCSc1c(C)o[nH]c1=O. The number of hydrogen-bond donors (Lipinski definition) is 1. The summed E-state index contributed by atoms with van der Waals surface area (Å²) in [6.07, 6.45) is 1.06. The molecule has 0 aliphatic carbocycles. The predicted octanol–water partition coefficient (Wildman–Crippen LogP) is 1.78. The molecule has 0 spiro atoms. The fraction of sp³-hybridized carbons (Fsp3) is 0.571. The van der Waals surface area contributed by atoms with Gasteiger partial charge >= 0.3 is 0 Å². The van der Waals surface area contributed by atoms with Crippen LogP contribution in [0.4, 0.5) is 0 Å². The molecule has 1 heterocycles. The molecule has 1 rings (SSSR count). The van der Waals surface area contributed by atoms with Gasteiger partial charge in [-0.25, -0.2) is 0 Å². The van der Waals surface area contributed by atoms with Gasteiger partial charge in [0.1, 0.15) is 10.7 Å². The molecule has 0 aliphatic heterocycles. The van der Waals surface area contributed by atoms with Gasteiger partial charge in [0.05, 0.1) is 0 Å². The molecule has 0 unspecified atom stereocenters. The molecule has 0 amide bonds. The second kappa shape index (κ2) is 3.67. The second-order valence-corrected chi connectivity index (χ2v) is 3.37. The first kappa shape index (κ1) is 8.46. The Balaban J connectivity index is 2.75. The summed E-state index contributed by atoms with van der Waals surface area (Å²) < 4.78 is 4.83. The molecule has 1 aromatic rings. The van der Waals surface area contributed by atoms with E-state index in [9.17, 15) is 4.79 Å². The van der Waals surface area contributed by atoms with Crippen LogP contribution < -0.4 is 5.56 Å². The van der Waals surface area contributed by atoms with Crippen molar-refractivity contribution in [2.75, 3.05) is 5.75 Å². The Morgan fingerprint density at radius 3 is 2.82 bits per heavy atom. The van der Waals surface area contributed by atoms with Crippen LogP contribution in [0.15, 0.2) is 14.2 Å². The van der Waals surface area contributed by atoms with E-state index in [4.69, 9.17) is 4.52 Å². The average Bonchev–Trinajstić information content (AvgIpc) is 2.29. The molecule has 11 heavy (non-hydrogen) atoms. The monoisotopic (exact) mass is 173 g/mol. The van der Waals surface area contributed by atoms with E-state index in [0.717, 1.165) is 12.2 Å². The number of aromatic nitrogens is 1. The zero-order valence-electron chi connectivity index (χ0n) is 6.64. The number of aryl methyl sites for hydroxylation is 1. The van der Waals surface area contributed by atoms with E-state index in [1.807, 2.05) is 0 Å². The Hall–Kier alpha value is -0.640. The predicted molar refractivity (Wildman–Crippen MR) is 45.1 cm³/mol. The molecule has 1 N–H and O–H groups in total. The molecule has 0 fully saturated rings. The van der Waals surface area contributed by atoms with Crippen LogP contribution in [0.25, 0.3) is 0 Å². The van der Waals surface area contributed by atoms with Crippen LogP contribution in [-0.4, -0.2) is 10.9 Å². The highest BCUT2D eigenvalue weighted by molar-refractivity contribution is 7.99. The Bertz CT molecular complexity index is 276. The number of hydrogen-bond acceptors (Lipinski definition) is 3. The highest BCUT2D eigenvalue weighted by Crippen LogP contribution is 2.17. The molecule has 0 bridgehead atoms. The molecule has 0 saturated heterocycles. The fourth-order valence-corrected chi connectivity index (χ4v) is 1.57. The standard InChI is InChI=1S/C7H11NO2S/c1-3-4-11-6-5(2)10-8-7(6)9/h3-4H2,1-2H3,(H,8,9). The normalized spacial score (nSPS) is 10.4. The maximum absolute atomic E-state index is 11.0. The second-order valence-electron chi connectivity index (χ2n) is 2.27. The van der Waals surface area contributed by atoms with E-state index >= 15 is 0 Å². The molecular weight excluding hydrogens is 162 g/mol. The molecule has 0 atom stereocenters. The van der Waals surface area contributed by atoms with Crippen LogP contribution in [0.2, 0.25) is 0 Å². The smallest absolute Gasteiger partial charge is 0.293 e. The quantitative estimate of drug-likeness (QED) is 0.709. The van der Waals surface area contributed by atoms with E-state index in [1.165, 1.54) is 0 Å². The van der Waals surface area contributed by atoms with Crippen molar-refractivity contribution in [3.8, 4) is 0 Å². The zero-order valence-corrected chi connectivity index (χ0v) is 7.46. The summed E-state index contributed by atoms with van der Waals surface area (Å²) in [5.74, 6) is 1.65. The lowest BCUT2D eigenvalue weighted by atomic mass is 10.5. The maximum Gasteiger partial charge on any atom is 0.293 e. The average molecular weight is 173 g/mol. The number of rotatable bonds is 3. The minimum absolute atomic E-state index is 0.110. The van der Waals surface area contributed by atoms with Gasteiger partial charge in [0.25, 0.3) is 5.56 Å². The van der Waals surface area contributed by atoms with E-state index in [-0.39, 0.29) is 5.56 Å². The number of thioether (sulfide) groups is 1. The Kier molecular flexibility index (Phi) is 2.82. The molecule has 0 aromatic carbocycles. The van der Waals surface area contributed by atoms with Gasteiger partial charge in [0, 0.05) is 0 Å². The fourth-order valence-electron chi connectivity index (χ4n) is 0.747. The molecule has 0 aliphatic rings. The zero-order chi connectivity index (χ0) is 8.27. The first-order valence-electron chi connectivity index (χ1n) is 3.56. The van der Waals surface area contributed by atoms with E-state index in [0.29, 0.717) is 10.7 Å². The van der Waals surface area contributed by atoms with Gasteiger partial charge in [-0.2, -0.15) is 5.16 Å². The Labute approximate surface area is 69.1 Å². The number of aromatic amines is 1. The van der Waals surface area contributed by atoms with Crippen LogP contribution >= 0.6 is 11.8 Å². The van der Waals surface area contributed by atoms with E-state index < -0.39 is 0 Å². The first-order valence-corrected chi connectivity index (χ1v) is 4.55. The lowest BCUT2D eigenvalue weighted by Crippen LogP contribution is -2.00. The van der Waals surface area contributed by atoms with Crippen LogP contribution in [0.5, 0.6) is 0 Å². The van der Waals surface area contributed by atoms with Crippen molar-refractivity contribution in [2.45, 2.75) is 25.2 Å². The Morgan fingerprint density at radius 2 is 2.36 bits per heavy atom. The van der Waals surface area contributed by atoms with Gasteiger partial charge in [0.15, 0.2) is 0 Å². The van der Waals surface area contributed by atoms with Gasteiger partial charge < -0.3 is 4.52 Å². The number of nitrogens with one attached hydrogen (secondary N) is 1. The molecule has 1 aromatic heterocycles. The molecule has 0 saturated carbocycles. The van der Waals surface area contributed by atoms with Gasteiger partial charge in [0.2, 0.25) is 0 Å². The third-order valence-electron chi connectivity index (χ3n) is 1.27. The molecule has 4 heteroatoms. The van der Waals surface area contributed by atoms with Crippen molar-refractivity contribution in [3.05, 3.63) is 16.1 Å². The highest BCUT2D eigenvalue weighted by Gasteiger charge is 2.06. The van der Waals surface area contributed by atoms with Crippen molar-refractivity contribution in [2.24, 2.45) is 0 Å². The third kappa shape index (κ3) is 1.89. The number of H-pyrrole nitrogens is 1. The van der Waals surface area contributed by atoms with Crippen molar-refractivity contribution in [1.82, 2.24) is 5.16 Å². The molecule has 62 valence electrons. The molecule has 0 radical (unpaired) electrons. The van der Waals surface area contributed by atoms with Crippen LogP contribution in [0.1, 0.15) is 19.1 Å². The van der Waals surface area contributed by atoms with Gasteiger partial charge in [-0.15, -0.1) is 11.8 Å². The van der Waals surface area contributed by atoms with Crippen LogP contribution in [0, 0.1) is 6.92 Å². The van der Waals surface area contributed by atoms with E-state index in [2.05, 4.69) is 12.1 Å². The summed E-state index contributed by atoms with van der Waals surface area (Å²) in [6, 6.07) is 0. The van der Waals surface area contributed by atoms with Crippen LogP contribution in [-0.2, 0) is 0 Å². The minimum atomic E-state index is -0.110. The Morgan fingerprint density at radius 1 is 1.64 bits per heavy atom. The largest absolute Gasteiger partial charge is 0.383 e. The lowest BCUT2D eigenvalue weighted by molar-refractivity contribution is 0.390. The van der Waals surface area contributed by atoms with E-state index in [1.54, 1.807) is 18.7 Å². The highest BCUT2D eigenvalue weighted by atomic mass is 32.2. The van der Waals surface area contributed by atoms with Gasteiger partial charge in [-0.3, -0.25) is 4.79 Å². The first-order chi connectivity index (χ1) is 5.25. The van der Waals surface area contributed by atoms with Crippen molar-refractivity contribution in [1.29, 1.82) is 0 Å². The van der Waals surface area contributed by atoms with Crippen molar-refractivity contribution < 1.29 is 4.52 Å². The summed E-state index contributed by atoms with van der Waals surface area (Å²) in [5.41, 5.74) is -0.110. The van der Waals surface area contributed by atoms with Gasteiger partial charge in [-0.05, 0) is 19.1 Å². The summed E-state index contributed by atoms with van der Waals surface area (Å²) in [6.45, 7) is 3.87. The summed E-state index contributed by atoms with van der Waals surface area (Å²) >= 11 is 1.54. The van der Waals surface area contributed by atoms with Crippen molar-refractivity contribution >= 4 is 11.8 Å². The lowest BCUT2D eigenvalue weighted by Gasteiger charge is -1.91. The van der Waals surface area contributed by atoms with Crippen LogP contribution in [0.3, 0.4) is 0 Å². The maximum atomic E-state index is 11.0. The summed E-state index contributed by atoms with van der Waals surface area (Å²) in [7, 11) is 0. The van der Waals surface area contributed by atoms with Crippen molar-refractivity contribution in [3.63, 3.8) is 0 Å². The topological polar surface area (TPSA) is 46.0 Å². The molecular formula is C7H11NO2S. The summed E-state index contributed by atoms with van der Waals surface area (Å²) in [4.78, 5) is 11.7.